The minimum absolute atomic E-state index is 0.183. The van der Waals surface area contributed by atoms with Crippen molar-refractivity contribution in [2.45, 2.75) is 45.6 Å². The molecule has 1 aromatic carbocycles. The summed E-state index contributed by atoms with van der Waals surface area (Å²) in [6.07, 6.45) is 7.13. The maximum atomic E-state index is 13.5. The molecule has 0 aliphatic carbocycles. The van der Waals surface area contributed by atoms with E-state index in [9.17, 15) is 4.79 Å². The molecule has 1 amide bonds. The van der Waals surface area contributed by atoms with Crippen LogP contribution in [0.1, 0.15) is 47.4 Å². The van der Waals surface area contributed by atoms with Gasteiger partial charge in [-0.05, 0) is 70.6 Å². The van der Waals surface area contributed by atoms with Gasteiger partial charge in [0.15, 0.2) is 0 Å². The van der Waals surface area contributed by atoms with E-state index < -0.39 is 0 Å². The zero-order valence-corrected chi connectivity index (χ0v) is 23.2. The Balaban J connectivity index is 1.52. The molecular weight excluding hydrogens is 476 g/mol. The lowest BCUT2D eigenvalue weighted by Gasteiger charge is -2.21. The average molecular weight is 515 g/mol. The maximum absolute atomic E-state index is 13.5. The fourth-order valence-corrected chi connectivity index (χ4v) is 5.15. The zero-order valence-electron chi connectivity index (χ0n) is 23.2. The minimum Gasteiger partial charge on any atom is -0.373 e. The van der Waals surface area contributed by atoms with E-state index in [1.807, 2.05) is 37.0 Å². The van der Waals surface area contributed by atoms with E-state index in [1.54, 1.807) is 0 Å². The number of fused-ring (bicyclic) bond motifs is 7. The highest BCUT2D eigenvalue weighted by atomic mass is 16.1. The van der Waals surface area contributed by atoms with E-state index in [0.717, 1.165) is 91.1 Å². The summed E-state index contributed by atoms with van der Waals surface area (Å²) in [4.78, 5) is 27.6. The Morgan fingerprint density at radius 1 is 1.00 bits per heavy atom. The number of benzene rings is 1. The van der Waals surface area contributed by atoms with Crippen LogP contribution < -0.4 is 10.2 Å². The molecule has 0 saturated carbocycles. The van der Waals surface area contributed by atoms with Crippen molar-refractivity contribution in [1.82, 2.24) is 29.2 Å². The molecule has 200 valence electrons. The molecule has 0 radical (unpaired) electrons. The summed E-state index contributed by atoms with van der Waals surface area (Å²) in [6, 6.07) is 10.1. The molecule has 1 aliphatic rings. The summed E-state index contributed by atoms with van der Waals surface area (Å²) < 4.78 is 4.11. The normalized spacial score (nSPS) is 14.5. The van der Waals surface area contributed by atoms with Crippen molar-refractivity contribution < 1.29 is 4.79 Å². The number of hydrogen-bond donors (Lipinski definition) is 1. The first kappa shape index (κ1) is 25.9. The van der Waals surface area contributed by atoms with Crippen LogP contribution in [0, 0.1) is 6.92 Å². The van der Waals surface area contributed by atoms with Crippen LogP contribution >= 0.6 is 0 Å². The lowest BCUT2D eigenvalue weighted by molar-refractivity contribution is 0.102. The van der Waals surface area contributed by atoms with Gasteiger partial charge in [-0.25, -0.2) is 4.98 Å². The lowest BCUT2D eigenvalue weighted by atomic mass is 10.0. The molecular formula is C29H38N8O. The molecule has 0 fully saturated rings. The number of aryl methyl sites for hydroxylation is 3. The van der Waals surface area contributed by atoms with Gasteiger partial charge in [0.2, 0.25) is 5.95 Å². The first-order chi connectivity index (χ1) is 18.3. The smallest absolute Gasteiger partial charge is 0.258 e. The third-order valence-electron chi connectivity index (χ3n) is 7.38. The highest BCUT2D eigenvalue weighted by Crippen LogP contribution is 2.28. The summed E-state index contributed by atoms with van der Waals surface area (Å²) in [5.41, 5.74) is 7.39. The van der Waals surface area contributed by atoms with Crippen LogP contribution in [-0.4, -0.2) is 69.4 Å². The number of nitrogens with zero attached hydrogens (tertiary/aromatic N) is 7. The molecule has 3 aromatic heterocycles. The molecule has 1 aliphatic heterocycles. The summed E-state index contributed by atoms with van der Waals surface area (Å²) in [5, 5.41) is 7.61. The number of amides is 1. The van der Waals surface area contributed by atoms with E-state index in [4.69, 9.17) is 9.97 Å². The van der Waals surface area contributed by atoms with Crippen LogP contribution in [0.2, 0.25) is 0 Å². The summed E-state index contributed by atoms with van der Waals surface area (Å²) in [7, 11) is 8.27. The van der Waals surface area contributed by atoms with E-state index in [0.29, 0.717) is 11.5 Å². The monoisotopic (exact) mass is 514 g/mol. The molecule has 1 N–H and O–H groups in total. The molecule has 9 heteroatoms. The number of nitrogens with one attached hydrogen (secondary N) is 1. The van der Waals surface area contributed by atoms with Crippen molar-refractivity contribution >= 4 is 28.6 Å². The number of likely N-dealkylation sites (N-methyl/N-ethyl adjacent to an activating group) is 2. The molecule has 2 bridgehead atoms. The number of carbonyl (C=O) groups is 1. The van der Waals surface area contributed by atoms with Gasteiger partial charge in [0.1, 0.15) is 0 Å². The van der Waals surface area contributed by atoms with Crippen molar-refractivity contribution in [2.24, 2.45) is 7.05 Å². The van der Waals surface area contributed by atoms with Gasteiger partial charge >= 0.3 is 0 Å². The van der Waals surface area contributed by atoms with Crippen molar-refractivity contribution in [2.75, 3.05) is 44.4 Å². The quantitative estimate of drug-likeness (QED) is 0.432. The standard InChI is InChI=1S/C29H38N8O/c1-20-16-21-17-25(31-20)23-19-30-36(5)26(23)10-8-6-7-9-13-37-27-18-22(35(4)15-14-34(2)3)11-12-24(27)32-29(37)33-28(21)38/h11-12,16-19H,6-10,13-15H2,1-5H3,(H,32,33,38). The number of hydrogen-bond acceptors (Lipinski definition) is 6. The Morgan fingerprint density at radius 2 is 1.82 bits per heavy atom. The predicted octanol–water partition coefficient (Wildman–Crippen LogP) is 4.51. The summed E-state index contributed by atoms with van der Waals surface area (Å²) in [6.45, 7) is 4.63. The van der Waals surface area contributed by atoms with E-state index in [2.05, 4.69) is 64.1 Å². The Hall–Kier alpha value is -3.72. The first-order valence-electron chi connectivity index (χ1n) is 13.5. The van der Waals surface area contributed by atoms with Gasteiger partial charge in [-0.2, -0.15) is 5.10 Å². The van der Waals surface area contributed by atoms with Gasteiger partial charge in [-0.15, -0.1) is 0 Å². The fraction of sp³-hybridized carbons (Fsp3) is 0.448. The SMILES string of the molecule is Cc1cc2cc(n1)-c1cnn(C)c1CCCCCCn1c(nc3ccc(N(C)CCN(C)C)cc31)NC2=O. The number of aromatic nitrogens is 5. The average Bonchev–Trinajstić information content (AvgIpc) is 3.42. The molecule has 4 heterocycles. The van der Waals surface area contributed by atoms with Crippen LogP contribution in [0.3, 0.4) is 0 Å². The van der Waals surface area contributed by atoms with Gasteiger partial charge in [-0.3, -0.25) is 19.8 Å². The Kier molecular flexibility index (Phi) is 7.46. The number of carbonyl (C=O) groups excluding carboxylic acids is 1. The van der Waals surface area contributed by atoms with Gasteiger partial charge in [0.05, 0.1) is 22.9 Å². The number of anilines is 2. The summed E-state index contributed by atoms with van der Waals surface area (Å²) >= 11 is 0. The Bertz CT molecular complexity index is 1450. The molecule has 0 unspecified atom stereocenters. The fourth-order valence-electron chi connectivity index (χ4n) is 5.15. The van der Waals surface area contributed by atoms with Crippen molar-refractivity contribution in [3.63, 3.8) is 0 Å². The van der Waals surface area contributed by atoms with Crippen LogP contribution in [0.5, 0.6) is 0 Å². The second kappa shape index (κ2) is 10.9. The highest BCUT2D eigenvalue weighted by molar-refractivity contribution is 6.04. The molecule has 0 atom stereocenters. The third-order valence-corrected chi connectivity index (χ3v) is 7.38. The van der Waals surface area contributed by atoms with Crippen LogP contribution in [0.4, 0.5) is 11.6 Å². The van der Waals surface area contributed by atoms with E-state index >= 15 is 0 Å². The third kappa shape index (κ3) is 5.43. The maximum Gasteiger partial charge on any atom is 0.258 e. The van der Waals surface area contributed by atoms with Gasteiger partial charge in [0.25, 0.3) is 5.91 Å². The molecule has 38 heavy (non-hydrogen) atoms. The largest absolute Gasteiger partial charge is 0.373 e. The molecule has 0 saturated heterocycles. The van der Waals surface area contributed by atoms with Crippen LogP contribution in [-0.2, 0) is 20.0 Å². The van der Waals surface area contributed by atoms with Gasteiger partial charge < -0.3 is 14.4 Å². The number of imidazole rings is 1. The topological polar surface area (TPSA) is 84.1 Å². The van der Waals surface area contributed by atoms with Crippen molar-refractivity contribution in [3.05, 3.63) is 53.5 Å². The minimum atomic E-state index is -0.183. The molecule has 9 nitrogen and oxygen atoms in total. The predicted molar refractivity (Wildman–Crippen MR) is 153 cm³/mol. The molecule has 0 spiro atoms. The Labute approximate surface area is 224 Å². The Morgan fingerprint density at radius 3 is 2.63 bits per heavy atom. The van der Waals surface area contributed by atoms with Crippen LogP contribution in [0.15, 0.2) is 36.5 Å². The molecule has 4 aromatic rings. The lowest BCUT2D eigenvalue weighted by Crippen LogP contribution is -2.28. The van der Waals surface area contributed by atoms with E-state index in [-0.39, 0.29) is 5.91 Å². The summed E-state index contributed by atoms with van der Waals surface area (Å²) in [5.74, 6) is 0.406. The zero-order chi connectivity index (χ0) is 26.8. The second-order valence-corrected chi connectivity index (χ2v) is 10.6. The number of rotatable bonds is 4. The van der Waals surface area contributed by atoms with Gasteiger partial charge in [0, 0.05) is 61.9 Å². The van der Waals surface area contributed by atoms with Crippen LogP contribution in [0.25, 0.3) is 22.3 Å². The molecule has 5 rings (SSSR count). The second-order valence-electron chi connectivity index (χ2n) is 10.6. The van der Waals surface area contributed by atoms with Crippen molar-refractivity contribution in [1.29, 1.82) is 0 Å². The van der Waals surface area contributed by atoms with E-state index in [1.165, 1.54) is 0 Å². The van der Waals surface area contributed by atoms with Gasteiger partial charge in [-0.1, -0.05) is 12.8 Å². The first-order valence-corrected chi connectivity index (χ1v) is 13.5. The van der Waals surface area contributed by atoms with Crippen molar-refractivity contribution in [3.8, 4) is 11.3 Å². The highest BCUT2D eigenvalue weighted by Gasteiger charge is 2.19. The number of pyridine rings is 1.